The summed E-state index contributed by atoms with van der Waals surface area (Å²) in [5.74, 6) is -0.254. The molecule has 4 aromatic carbocycles. The summed E-state index contributed by atoms with van der Waals surface area (Å²) in [6.07, 6.45) is 0.760. The number of carbonyl (C=O) groups is 2. The molecular formula is C43H44N4O9S2. The molecule has 58 heavy (non-hydrogen) atoms. The van der Waals surface area contributed by atoms with Gasteiger partial charge in [0.05, 0.1) is 16.7 Å². The first-order chi connectivity index (χ1) is 27.2. The third-order valence-corrected chi connectivity index (χ3v) is 12.1. The second kappa shape index (κ2) is 15.8. The van der Waals surface area contributed by atoms with Crippen LogP contribution in [0, 0.1) is 41.5 Å². The van der Waals surface area contributed by atoms with Crippen LogP contribution >= 0.6 is 0 Å². The second-order valence-corrected chi connectivity index (χ2v) is 17.1. The van der Waals surface area contributed by atoms with Crippen molar-refractivity contribution in [3.63, 3.8) is 0 Å². The van der Waals surface area contributed by atoms with E-state index in [-0.39, 0.29) is 61.9 Å². The molecule has 15 heteroatoms. The molecule has 0 bridgehead atoms. The van der Waals surface area contributed by atoms with Gasteiger partial charge in [0.15, 0.2) is 0 Å². The third-order valence-electron chi connectivity index (χ3n) is 10.1. The summed E-state index contributed by atoms with van der Waals surface area (Å²) in [5.41, 5.74) is 7.49. The van der Waals surface area contributed by atoms with Gasteiger partial charge in [0.25, 0.3) is 20.2 Å². The van der Waals surface area contributed by atoms with Gasteiger partial charge in [-0.25, -0.2) is 4.99 Å². The van der Waals surface area contributed by atoms with Crippen LogP contribution in [0.3, 0.4) is 0 Å². The van der Waals surface area contributed by atoms with Crippen molar-refractivity contribution in [3.8, 4) is 22.5 Å². The highest BCUT2D eigenvalue weighted by atomic mass is 32.2. The molecule has 5 N–H and O–H groups in total. The Balaban J connectivity index is 1.63. The van der Waals surface area contributed by atoms with E-state index in [1.54, 1.807) is 49.4 Å². The van der Waals surface area contributed by atoms with Crippen LogP contribution in [0.5, 0.6) is 0 Å². The molecule has 0 unspecified atom stereocenters. The first-order valence-electron chi connectivity index (χ1n) is 18.4. The Morgan fingerprint density at radius 2 is 1.41 bits per heavy atom. The zero-order valence-corrected chi connectivity index (χ0v) is 34.9. The summed E-state index contributed by atoms with van der Waals surface area (Å²) in [5, 5.41) is 10.0. The Morgan fingerprint density at radius 3 is 2.07 bits per heavy atom. The lowest BCUT2D eigenvalue weighted by Gasteiger charge is -2.20. The van der Waals surface area contributed by atoms with Crippen LogP contribution in [0.4, 0.5) is 28.4 Å². The molecule has 6 rings (SSSR count). The molecule has 1 aliphatic heterocycles. The molecule has 13 nitrogen and oxygen atoms in total. The van der Waals surface area contributed by atoms with Gasteiger partial charge in [-0.3, -0.25) is 18.7 Å². The Labute approximate surface area is 337 Å². The van der Waals surface area contributed by atoms with Gasteiger partial charge in [-0.05, 0) is 112 Å². The highest BCUT2D eigenvalue weighted by molar-refractivity contribution is 7.86. The largest absolute Gasteiger partial charge is 0.456 e. The summed E-state index contributed by atoms with van der Waals surface area (Å²) in [6.45, 7) is 13.8. The first kappa shape index (κ1) is 41.8. The quantitative estimate of drug-likeness (QED) is 0.0654. The van der Waals surface area contributed by atoms with E-state index in [1.807, 2.05) is 39.8 Å². The number of hydrogen-bond acceptors (Lipinski definition) is 9. The molecule has 0 fully saturated rings. The summed E-state index contributed by atoms with van der Waals surface area (Å²) < 4.78 is 77.9. The van der Waals surface area contributed by atoms with Crippen molar-refractivity contribution in [2.75, 3.05) is 16.0 Å². The van der Waals surface area contributed by atoms with E-state index in [9.17, 15) is 35.5 Å². The first-order valence-corrected chi connectivity index (χ1v) is 21.3. The van der Waals surface area contributed by atoms with Gasteiger partial charge in [-0.15, -0.1) is 0 Å². The number of hydrogen-bond donors (Lipinski definition) is 5. The van der Waals surface area contributed by atoms with Crippen molar-refractivity contribution < 1.29 is 39.9 Å². The number of benzene rings is 5. The van der Waals surface area contributed by atoms with Gasteiger partial charge >= 0.3 is 0 Å². The van der Waals surface area contributed by atoms with E-state index in [4.69, 9.17) is 9.41 Å². The van der Waals surface area contributed by atoms with Crippen molar-refractivity contribution in [1.29, 1.82) is 0 Å². The van der Waals surface area contributed by atoms with Crippen LogP contribution in [0.2, 0.25) is 0 Å². The smallest absolute Gasteiger partial charge is 0.295 e. The molecular weight excluding hydrogens is 781 g/mol. The summed E-state index contributed by atoms with van der Waals surface area (Å²) in [7, 11) is -9.42. The zero-order valence-electron chi connectivity index (χ0n) is 33.3. The average molecular weight is 825 g/mol. The van der Waals surface area contributed by atoms with E-state index in [0.29, 0.717) is 50.8 Å². The minimum absolute atomic E-state index is 0.170. The van der Waals surface area contributed by atoms with Crippen molar-refractivity contribution in [1.82, 2.24) is 0 Å². The normalized spacial score (nSPS) is 12.3. The number of aryl methyl sites for hydroxylation is 2. The van der Waals surface area contributed by atoms with Crippen molar-refractivity contribution in [2.45, 2.75) is 78.0 Å². The van der Waals surface area contributed by atoms with Gasteiger partial charge in [-0.1, -0.05) is 31.2 Å². The molecule has 0 radical (unpaired) electrons. The molecule has 302 valence electrons. The maximum atomic E-state index is 12.7. The lowest BCUT2D eigenvalue weighted by molar-refractivity contribution is -0.116. The Bertz CT molecular complexity index is 2950. The molecule has 0 aromatic heterocycles. The van der Waals surface area contributed by atoms with E-state index in [1.165, 1.54) is 32.9 Å². The third kappa shape index (κ3) is 8.11. The number of rotatable bonds is 10. The monoisotopic (exact) mass is 824 g/mol. The number of anilines is 4. The summed E-state index contributed by atoms with van der Waals surface area (Å²) in [4.78, 5) is 28.9. The summed E-state index contributed by atoms with van der Waals surface area (Å²) in [6, 6.07) is 18.4. The van der Waals surface area contributed by atoms with Gasteiger partial charge in [0, 0.05) is 64.6 Å². The fourth-order valence-electron chi connectivity index (χ4n) is 7.59. The van der Waals surface area contributed by atoms with Crippen molar-refractivity contribution in [3.05, 3.63) is 105 Å². The second-order valence-electron chi connectivity index (χ2n) is 14.3. The number of carbonyl (C=O) groups excluding carboxylic acids is 2. The zero-order chi connectivity index (χ0) is 42.4. The van der Waals surface area contributed by atoms with Crippen LogP contribution in [-0.4, -0.2) is 37.8 Å². The minimum Gasteiger partial charge on any atom is -0.456 e. The van der Waals surface area contributed by atoms with E-state index < -0.39 is 20.2 Å². The lowest BCUT2D eigenvalue weighted by atomic mass is 9.93. The topological polar surface area (TPSA) is 204 Å². The highest BCUT2D eigenvalue weighted by Crippen LogP contribution is 2.44. The number of amides is 2. The van der Waals surface area contributed by atoms with E-state index >= 15 is 0 Å². The molecule has 0 saturated heterocycles. The molecule has 0 spiro atoms. The number of nitrogens with one attached hydrogen (secondary N) is 3. The Kier molecular flexibility index (Phi) is 11.4. The standard InChI is InChI=1S/C43H44N4O9S2/c1-9-12-37(49)47-42-25(5)41(26(6)43(27(42)7)58(53,54)55)46-30-16-18-32-35(21-30)56-34-20-29(45-40-23(3)19-22(2)39(24(40)4)44-28(8)48)15-17-31(34)38(32)33-13-10-11-14-36(33)57(50,51)52/h10-11,13-21,45H,9,12H2,1-8H3,(H,44,48)(H,47,49)(H,50,51,52)(H,53,54,55)/b46-30+. The predicted octanol–water partition coefficient (Wildman–Crippen LogP) is 9.22. The number of fused-ring (bicyclic) bond motifs is 2. The van der Waals surface area contributed by atoms with Crippen LogP contribution in [0.15, 0.2) is 85.9 Å². The van der Waals surface area contributed by atoms with Crippen LogP contribution < -0.4 is 21.3 Å². The predicted molar refractivity (Wildman–Crippen MR) is 226 cm³/mol. The molecule has 0 saturated carbocycles. The van der Waals surface area contributed by atoms with Crippen LogP contribution in [0.25, 0.3) is 33.4 Å². The van der Waals surface area contributed by atoms with Crippen molar-refractivity contribution >= 4 is 71.5 Å². The average Bonchev–Trinajstić information content (AvgIpc) is 3.13. The molecule has 1 heterocycles. The van der Waals surface area contributed by atoms with E-state index in [0.717, 1.165) is 22.4 Å². The SMILES string of the molecule is CCCC(=O)Nc1c(C)c(/N=c2\ccc3c(-c4ccccc4S(=O)(=O)O)c4ccc(Nc5c(C)cc(C)c(NC(C)=O)c5C)cc4oc-3c2)c(C)c(S(=O)(=O)O)c1C. The molecule has 4 aromatic rings. The molecule has 0 atom stereocenters. The fourth-order valence-corrected chi connectivity index (χ4v) is 9.26. The minimum atomic E-state index is -4.74. The lowest BCUT2D eigenvalue weighted by Crippen LogP contribution is -2.16. The Morgan fingerprint density at radius 1 is 0.724 bits per heavy atom. The van der Waals surface area contributed by atoms with Crippen LogP contribution in [0.1, 0.15) is 60.1 Å². The fraction of sp³-hybridized carbons (Fsp3) is 0.233. The van der Waals surface area contributed by atoms with Gasteiger partial charge in [0.1, 0.15) is 21.1 Å². The van der Waals surface area contributed by atoms with Gasteiger partial charge < -0.3 is 20.4 Å². The molecule has 1 aliphatic carbocycles. The number of nitrogens with zero attached hydrogens (tertiary/aromatic N) is 1. The molecule has 2 aliphatic rings. The highest BCUT2D eigenvalue weighted by Gasteiger charge is 2.27. The maximum Gasteiger partial charge on any atom is 0.295 e. The maximum absolute atomic E-state index is 12.7. The van der Waals surface area contributed by atoms with E-state index in [2.05, 4.69) is 16.0 Å². The van der Waals surface area contributed by atoms with Crippen LogP contribution in [-0.2, 0) is 29.8 Å². The Hall–Kier alpha value is -5.87. The van der Waals surface area contributed by atoms with Crippen molar-refractivity contribution in [2.24, 2.45) is 4.99 Å². The van der Waals surface area contributed by atoms with Gasteiger partial charge in [-0.2, -0.15) is 16.8 Å². The van der Waals surface area contributed by atoms with Gasteiger partial charge in [0.2, 0.25) is 11.8 Å². The molecule has 2 amide bonds. The summed E-state index contributed by atoms with van der Waals surface area (Å²) >= 11 is 0.